The molecule has 3 aromatic rings. The molecule has 2 N–H and O–H groups in total. The van der Waals surface area contributed by atoms with Crippen LogP contribution in [0, 0.1) is 0 Å². The molecule has 0 saturated carbocycles. The quantitative estimate of drug-likeness (QED) is 0.479. The number of esters is 1. The van der Waals surface area contributed by atoms with E-state index in [9.17, 15) is 14.4 Å². The van der Waals surface area contributed by atoms with Crippen LogP contribution in [0.3, 0.4) is 0 Å². The van der Waals surface area contributed by atoms with Crippen LogP contribution in [0.1, 0.15) is 29.8 Å². The van der Waals surface area contributed by atoms with Crippen molar-refractivity contribution < 1.29 is 19.1 Å². The van der Waals surface area contributed by atoms with Gasteiger partial charge in [0.2, 0.25) is 5.91 Å². The Balaban J connectivity index is 1.66. The van der Waals surface area contributed by atoms with Gasteiger partial charge in [0.25, 0.3) is 5.91 Å². The van der Waals surface area contributed by atoms with Crippen LogP contribution in [0.15, 0.2) is 53.9 Å². The summed E-state index contributed by atoms with van der Waals surface area (Å²) in [7, 11) is 0. The van der Waals surface area contributed by atoms with E-state index in [1.807, 2.05) is 29.6 Å². The van der Waals surface area contributed by atoms with E-state index in [-0.39, 0.29) is 11.8 Å². The van der Waals surface area contributed by atoms with Crippen LogP contribution in [-0.2, 0) is 16.1 Å². The minimum atomic E-state index is -0.449. The van der Waals surface area contributed by atoms with Crippen LogP contribution < -0.4 is 15.4 Å². The lowest BCUT2D eigenvalue weighted by Gasteiger charge is -2.05. The number of nitrogens with one attached hydrogen (secondary N) is 2. The summed E-state index contributed by atoms with van der Waals surface area (Å²) in [4.78, 5) is 39.0. The smallest absolute Gasteiger partial charge is 0.308 e. The summed E-state index contributed by atoms with van der Waals surface area (Å²) in [5, 5.41) is 7.82. The standard InChI is InChI=1S/C21H19N3O4S/c1-13(25)22-11-15-6-8-16(9-7-15)19-12-29-21(23-19)24-20(27)17-4-3-5-18(10-17)28-14(2)26/h3-10,12H,11H2,1-2H3,(H,22,25)(H,23,24,27). The monoisotopic (exact) mass is 409 g/mol. The van der Waals surface area contributed by atoms with Crippen molar-refractivity contribution in [3.05, 3.63) is 65.0 Å². The first-order chi connectivity index (χ1) is 13.9. The summed E-state index contributed by atoms with van der Waals surface area (Å²) in [6, 6.07) is 14.1. The van der Waals surface area contributed by atoms with Crippen molar-refractivity contribution in [2.45, 2.75) is 20.4 Å². The number of nitrogens with zero attached hydrogens (tertiary/aromatic N) is 1. The second-order valence-electron chi connectivity index (χ2n) is 6.22. The first kappa shape index (κ1) is 20.2. The zero-order valence-corrected chi connectivity index (χ0v) is 16.7. The third-order valence-corrected chi connectivity index (χ3v) is 4.63. The Labute approximate surface area is 171 Å². The average Bonchev–Trinajstić information content (AvgIpc) is 3.15. The molecule has 8 heteroatoms. The predicted octanol–water partition coefficient (Wildman–Crippen LogP) is 3.62. The number of benzene rings is 2. The lowest BCUT2D eigenvalue weighted by atomic mass is 10.1. The SMILES string of the molecule is CC(=O)NCc1ccc(-c2csc(NC(=O)c3cccc(OC(C)=O)c3)n2)cc1. The number of amides is 2. The summed E-state index contributed by atoms with van der Waals surface area (Å²) in [5.41, 5.74) is 3.00. The number of rotatable bonds is 6. The highest BCUT2D eigenvalue weighted by Gasteiger charge is 2.11. The molecule has 7 nitrogen and oxygen atoms in total. The molecule has 0 aliphatic heterocycles. The number of hydrogen-bond donors (Lipinski definition) is 2. The van der Waals surface area contributed by atoms with E-state index >= 15 is 0 Å². The summed E-state index contributed by atoms with van der Waals surface area (Å²) < 4.78 is 5.00. The average molecular weight is 409 g/mol. The number of thiazole rings is 1. The van der Waals surface area contributed by atoms with Crippen molar-refractivity contribution in [3.8, 4) is 17.0 Å². The van der Waals surface area contributed by atoms with Gasteiger partial charge in [-0.3, -0.25) is 19.7 Å². The van der Waals surface area contributed by atoms with Gasteiger partial charge in [0.15, 0.2) is 5.13 Å². The fraction of sp³-hybridized carbons (Fsp3) is 0.143. The maximum absolute atomic E-state index is 12.5. The van der Waals surface area contributed by atoms with E-state index in [0.717, 1.165) is 16.8 Å². The van der Waals surface area contributed by atoms with Gasteiger partial charge in [-0.05, 0) is 23.8 Å². The predicted molar refractivity (Wildman–Crippen MR) is 111 cm³/mol. The van der Waals surface area contributed by atoms with E-state index in [2.05, 4.69) is 15.6 Å². The van der Waals surface area contributed by atoms with Crippen LogP contribution >= 0.6 is 11.3 Å². The van der Waals surface area contributed by atoms with Gasteiger partial charge in [-0.2, -0.15) is 0 Å². The van der Waals surface area contributed by atoms with Gasteiger partial charge in [0.05, 0.1) is 5.69 Å². The van der Waals surface area contributed by atoms with Crippen molar-refractivity contribution in [3.63, 3.8) is 0 Å². The molecule has 0 saturated heterocycles. The number of anilines is 1. The Kier molecular flexibility index (Phi) is 6.36. The second kappa shape index (κ2) is 9.11. The van der Waals surface area contributed by atoms with Crippen molar-refractivity contribution in [2.24, 2.45) is 0 Å². The highest BCUT2D eigenvalue weighted by molar-refractivity contribution is 7.14. The molecule has 2 amide bonds. The molecule has 0 unspecified atom stereocenters. The number of carbonyl (C=O) groups is 3. The second-order valence-corrected chi connectivity index (χ2v) is 7.08. The number of hydrogen-bond acceptors (Lipinski definition) is 6. The largest absolute Gasteiger partial charge is 0.427 e. The Bertz CT molecular complexity index is 1040. The molecule has 29 heavy (non-hydrogen) atoms. The number of carbonyl (C=O) groups excluding carboxylic acids is 3. The molecule has 0 aliphatic carbocycles. The summed E-state index contributed by atoms with van der Waals surface area (Å²) in [6.45, 7) is 3.25. The van der Waals surface area contributed by atoms with Gasteiger partial charge in [-0.15, -0.1) is 11.3 Å². The Hall–Kier alpha value is -3.52. The highest BCUT2D eigenvalue weighted by Crippen LogP contribution is 2.26. The molecule has 0 radical (unpaired) electrons. The molecule has 2 aromatic carbocycles. The molecule has 0 aliphatic rings. The lowest BCUT2D eigenvalue weighted by molar-refractivity contribution is -0.131. The van der Waals surface area contributed by atoms with Crippen molar-refractivity contribution in [2.75, 3.05) is 5.32 Å². The first-order valence-corrected chi connectivity index (χ1v) is 9.68. The van der Waals surface area contributed by atoms with Crippen LogP contribution in [0.5, 0.6) is 5.75 Å². The molecule has 1 aromatic heterocycles. The maximum Gasteiger partial charge on any atom is 0.308 e. The Morgan fingerprint density at radius 3 is 2.52 bits per heavy atom. The molecule has 148 valence electrons. The van der Waals surface area contributed by atoms with Gasteiger partial charge < -0.3 is 10.1 Å². The van der Waals surface area contributed by atoms with E-state index in [0.29, 0.717) is 23.0 Å². The van der Waals surface area contributed by atoms with E-state index < -0.39 is 5.97 Å². The first-order valence-electron chi connectivity index (χ1n) is 8.80. The lowest BCUT2D eigenvalue weighted by Crippen LogP contribution is -2.18. The minimum Gasteiger partial charge on any atom is -0.427 e. The van der Waals surface area contributed by atoms with Crippen LogP contribution in [0.4, 0.5) is 5.13 Å². The summed E-state index contributed by atoms with van der Waals surface area (Å²) in [5.74, 6) is -0.558. The van der Waals surface area contributed by atoms with Gasteiger partial charge in [-0.25, -0.2) is 4.98 Å². The van der Waals surface area contributed by atoms with Crippen molar-refractivity contribution >= 4 is 34.3 Å². The molecular weight excluding hydrogens is 390 g/mol. The maximum atomic E-state index is 12.5. The molecule has 3 rings (SSSR count). The van der Waals surface area contributed by atoms with E-state index in [1.54, 1.807) is 18.2 Å². The van der Waals surface area contributed by atoms with Gasteiger partial charge in [-0.1, -0.05) is 30.3 Å². The zero-order chi connectivity index (χ0) is 20.8. The highest BCUT2D eigenvalue weighted by atomic mass is 32.1. The minimum absolute atomic E-state index is 0.0765. The van der Waals surface area contributed by atoms with Crippen molar-refractivity contribution in [1.29, 1.82) is 0 Å². The molecule has 0 fully saturated rings. The number of aromatic nitrogens is 1. The van der Waals surface area contributed by atoms with Crippen molar-refractivity contribution in [1.82, 2.24) is 10.3 Å². The van der Waals surface area contributed by atoms with Gasteiger partial charge in [0.1, 0.15) is 5.75 Å². The fourth-order valence-electron chi connectivity index (χ4n) is 2.52. The van der Waals surface area contributed by atoms with E-state index in [4.69, 9.17) is 4.74 Å². The van der Waals surface area contributed by atoms with Crippen LogP contribution in [0.2, 0.25) is 0 Å². The molecule has 0 atom stereocenters. The zero-order valence-electron chi connectivity index (χ0n) is 15.9. The Morgan fingerprint density at radius 2 is 1.83 bits per heavy atom. The normalized spacial score (nSPS) is 10.3. The molecular formula is C21H19N3O4S. The van der Waals surface area contributed by atoms with Crippen LogP contribution in [-0.4, -0.2) is 22.8 Å². The summed E-state index contributed by atoms with van der Waals surface area (Å²) >= 11 is 1.32. The Morgan fingerprint density at radius 1 is 1.07 bits per heavy atom. The third-order valence-electron chi connectivity index (χ3n) is 3.87. The molecule has 1 heterocycles. The summed E-state index contributed by atoms with van der Waals surface area (Å²) in [6.07, 6.45) is 0. The third kappa shape index (κ3) is 5.73. The molecule has 0 bridgehead atoms. The van der Waals surface area contributed by atoms with E-state index in [1.165, 1.54) is 31.3 Å². The topological polar surface area (TPSA) is 97.4 Å². The van der Waals surface area contributed by atoms with Gasteiger partial charge >= 0.3 is 5.97 Å². The van der Waals surface area contributed by atoms with Gasteiger partial charge in [0, 0.05) is 36.9 Å². The number of ether oxygens (including phenoxy) is 1. The molecule has 0 spiro atoms. The van der Waals surface area contributed by atoms with Crippen LogP contribution in [0.25, 0.3) is 11.3 Å². The fourth-order valence-corrected chi connectivity index (χ4v) is 3.23.